The first kappa shape index (κ1) is 16.2. The number of likely N-dealkylation sites (N-methyl/N-ethyl adjacent to an activating group) is 1. The second-order valence-electron chi connectivity index (χ2n) is 5.48. The zero-order valence-electron chi connectivity index (χ0n) is 13.3. The molecular formula is C17H30N2. The van der Waals surface area contributed by atoms with Crippen LogP contribution >= 0.6 is 0 Å². The first-order valence-electron chi connectivity index (χ1n) is 7.59. The number of aryl methyl sites for hydroxylation is 1. The maximum atomic E-state index is 2.58. The predicted molar refractivity (Wildman–Crippen MR) is 84.5 cm³/mol. The lowest BCUT2D eigenvalue weighted by molar-refractivity contribution is 0.128. The standard InChI is InChI=1S/C15H24N2.C2H6/c1-13-6-8-14(9-7-13)11-17-10-4-5-15(12-17)16(2)3;1-2/h6-9,15H,4-5,10-12H2,1-3H3;1-2H3. The summed E-state index contributed by atoms with van der Waals surface area (Å²) in [6.45, 7) is 9.70. The number of hydrogen-bond donors (Lipinski definition) is 0. The van der Waals surface area contributed by atoms with Crippen molar-refractivity contribution < 1.29 is 0 Å². The first-order chi connectivity index (χ1) is 9.15. The normalized spacial score (nSPS) is 20.0. The third-order valence-electron chi connectivity index (χ3n) is 3.74. The smallest absolute Gasteiger partial charge is 0.0234 e. The number of hydrogen-bond acceptors (Lipinski definition) is 2. The van der Waals surface area contributed by atoms with Crippen LogP contribution in [0.15, 0.2) is 24.3 Å². The molecule has 1 saturated heterocycles. The van der Waals surface area contributed by atoms with E-state index in [1.165, 1.54) is 37.1 Å². The molecule has 0 saturated carbocycles. The maximum Gasteiger partial charge on any atom is 0.0234 e. The highest BCUT2D eigenvalue weighted by Crippen LogP contribution is 2.16. The van der Waals surface area contributed by atoms with Gasteiger partial charge in [0.25, 0.3) is 0 Å². The summed E-state index contributed by atoms with van der Waals surface area (Å²) in [5.41, 5.74) is 2.79. The highest BCUT2D eigenvalue weighted by Gasteiger charge is 2.20. The average molecular weight is 262 g/mol. The van der Waals surface area contributed by atoms with Crippen molar-refractivity contribution >= 4 is 0 Å². The van der Waals surface area contributed by atoms with Crippen LogP contribution in [-0.4, -0.2) is 43.0 Å². The summed E-state index contributed by atoms with van der Waals surface area (Å²) in [5.74, 6) is 0. The number of piperidine rings is 1. The minimum atomic E-state index is 0.731. The van der Waals surface area contributed by atoms with E-state index >= 15 is 0 Å². The Kier molecular flexibility index (Phi) is 7.11. The van der Waals surface area contributed by atoms with E-state index in [-0.39, 0.29) is 0 Å². The van der Waals surface area contributed by atoms with Gasteiger partial charge in [-0.1, -0.05) is 43.7 Å². The minimum Gasteiger partial charge on any atom is -0.305 e. The van der Waals surface area contributed by atoms with E-state index in [9.17, 15) is 0 Å². The van der Waals surface area contributed by atoms with E-state index in [2.05, 4.69) is 55.1 Å². The first-order valence-corrected chi connectivity index (χ1v) is 7.59. The van der Waals surface area contributed by atoms with Crippen LogP contribution in [0, 0.1) is 6.92 Å². The van der Waals surface area contributed by atoms with Gasteiger partial charge in [-0.05, 0) is 46.0 Å². The molecule has 2 nitrogen and oxygen atoms in total. The quantitative estimate of drug-likeness (QED) is 0.822. The summed E-state index contributed by atoms with van der Waals surface area (Å²) in [6.07, 6.45) is 2.67. The summed E-state index contributed by atoms with van der Waals surface area (Å²) >= 11 is 0. The van der Waals surface area contributed by atoms with Crippen molar-refractivity contribution in [2.75, 3.05) is 27.2 Å². The minimum absolute atomic E-state index is 0.731. The van der Waals surface area contributed by atoms with Crippen LogP contribution in [0.25, 0.3) is 0 Å². The van der Waals surface area contributed by atoms with E-state index in [0.717, 1.165) is 12.6 Å². The largest absolute Gasteiger partial charge is 0.305 e. The number of likely N-dealkylation sites (tertiary alicyclic amines) is 1. The van der Waals surface area contributed by atoms with Crippen LogP contribution in [0.4, 0.5) is 0 Å². The molecule has 0 bridgehead atoms. The molecule has 108 valence electrons. The Morgan fingerprint density at radius 2 is 1.79 bits per heavy atom. The Hall–Kier alpha value is -0.860. The van der Waals surface area contributed by atoms with Crippen molar-refractivity contribution in [2.24, 2.45) is 0 Å². The molecule has 0 aromatic heterocycles. The summed E-state index contributed by atoms with van der Waals surface area (Å²) in [4.78, 5) is 4.94. The van der Waals surface area contributed by atoms with Crippen LogP contribution in [0.2, 0.25) is 0 Å². The maximum absolute atomic E-state index is 2.58. The Labute approximate surface area is 119 Å². The van der Waals surface area contributed by atoms with E-state index < -0.39 is 0 Å². The Morgan fingerprint density at radius 1 is 1.16 bits per heavy atom. The van der Waals surface area contributed by atoms with Gasteiger partial charge in [0.05, 0.1) is 0 Å². The van der Waals surface area contributed by atoms with E-state index in [0.29, 0.717) is 0 Å². The van der Waals surface area contributed by atoms with Gasteiger partial charge in [-0.3, -0.25) is 4.90 Å². The summed E-state index contributed by atoms with van der Waals surface area (Å²) in [6, 6.07) is 9.67. The SMILES string of the molecule is CC.Cc1ccc(CN2CCCC(N(C)C)C2)cc1. The van der Waals surface area contributed by atoms with Crippen LogP contribution in [0.5, 0.6) is 0 Å². The van der Waals surface area contributed by atoms with Crippen molar-refractivity contribution in [3.63, 3.8) is 0 Å². The van der Waals surface area contributed by atoms with E-state index in [4.69, 9.17) is 0 Å². The zero-order chi connectivity index (χ0) is 14.3. The lowest BCUT2D eigenvalue weighted by atomic mass is 10.0. The second kappa shape index (κ2) is 8.34. The molecule has 1 heterocycles. The molecule has 0 amide bonds. The summed E-state index contributed by atoms with van der Waals surface area (Å²) < 4.78 is 0. The molecule has 2 rings (SSSR count). The van der Waals surface area contributed by atoms with Crippen molar-refractivity contribution in [2.45, 2.75) is 46.2 Å². The fourth-order valence-corrected chi connectivity index (χ4v) is 2.55. The van der Waals surface area contributed by atoms with Crippen molar-refractivity contribution in [1.82, 2.24) is 9.80 Å². The number of nitrogens with zero attached hydrogens (tertiary/aromatic N) is 2. The van der Waals surface area contributed by atoms with Gasteiger partial charge < -0.3 is 4.90 Å². The average Bonchev–Trinajstić information content (AvgIpc) is 2.44. The Bertz CT molecular complexity index is 343. The van der Waals surface area contributed by atoms with Gasteiger partial charge >= 0.3 is 0 Å². The third-order valence-corrected chi connectivity index (χ3v) is 3.74. The van der Waals surface area contributed by atoms with Gasteiger partial charge in [-0.25, -0.2) is 0 Å². The third kappa shape index (κ3) is 5.33. The summed E-state index contributed by atoms with van der Waals surface area (Å²) in [5, 5.41) is 0. The molecule has 0 radical (unpaired) electrons. The van der Waals surface area contributed by atoms with E-state index in [1.807, 2.05) is 13.8 Å². The monoisotopic (exact) mass is 262 g/mol. The predicted octanol–water partition coefficient (Wildman–Crippen LogP) is 3.55. The lowest BCUT2D eigenvalue weighted by Gasteiger charge is -2.36. The molecule has 0 spiro atoms. The van der Waals surface area contributed by atoms with Crippen LogP contribution in [0.3, 0.4) is 0 Å². The second-order valence-corrected chi connectivity index (χ2v) is 5.48. The van der Waals surface area contributed by atoms with Crippen LogP contribution in [0.1, 0.15) is 37.8 Å². The number of rotatable bonds is 3. The van der Waals surface area contributed by atoms with Crippen LogP contribution < -0.4 is 0 Å². The van der Waals surface area contributed by atoms with Crippen LogP contribution in [-0.2, 0) is 6.54 Å². The van der Waals surface area contributed by atoms with Crippen molar-refractivity contribution in [1.29, 1.82) is 0 Å². The molecule has 1 unspecified atom stereocenters. The Balaban J connectivity index is 0.000000861. The zero-order valence-corrected chi connectivity index (χ0v) is 13.3. The molecule has 2 heteroatoms. The Morgan fingerprint density at radius 3 is 2.37 bits per heavy atom. The number of benzene rings is 1. The molecular weight excluding hydrogens is 232 g/mol. The molecule has 0 aliphatic carbocycles. The van der Waals surface area contributed by atoms with Gasteiger partial charge in [0.15, 0.2) is 0 Å². The molecule has 1 aromatic rings. The van der Waals surface area contributed by atoms with Gasteiger partial charge in [-0.2, -0.15) is 0 Å². The molecule has 1 fully saturated rings. The lowest BCUT2D eigenvalue weighted by Crippen LogP contribution is -2.44. The fraction of sp³-hybridized carbons (Fsp3) is 0.647. The van der Waals surface area contributed by atoms with Gasteiger partial charge in [0, 0.05) is 19.1 Å². The molecule has 0 N–H and O–H groups in total. The molecule has 19 heavy (non-hydrogen) atoms. The molecule has 1 aliphatic heterocycles. The topological polar surface area (TPSA) is 6.48 Å². The van der Waals surface area contributed by atoms with Gasteiger partial charge in [0.2, 0.25) is 0 Å². The molecule has 1 aromatic carbocycles. The molecule has 1 aliphatic rings. The highest BCUT2D eigenvalue weighted by atomic mass is 15.2. The summed E-state index contributed by atoms with van der Waals surface area (Å²) in [7, 11) is 4.39. The fourth-order valence-electron chi connectivity index (χ4n) is 2.55. The molecule has 1 atom stereocenters. The highest BCUT2D eigenvalue weighted by molar-refractivity contribution is 5.21. The van der Waals surface area contributed by atoms with Gasteiger partial charge in [-0.15, -0.1) is 0 Å². The van der Waals surface area contributed by atoms with E-state index in [1.54, 1.807) is 0 Å². The van der Waals surface area contributed by atoms with Gasteiger partial charge in [0.1, 0.15) is 0 Å². The van der Waals surface area contributed by atoms with Crippen molar-refractivity contribution in [3.8, 4) is 0 Å². The van der Waals surface area contributed by atoms with Crippen molar-refractivity contribution in [3.05, 3.63) is 35.4 Å².